The third-order valence-electron chi connectivity index (χ3n) is 3.68. The first-order valence-electron chi connectivity index (χ1n) is 6.35. The number of piperidine rings is 1. The fraction of sp³-hybridized carbons (Fsp3) is 0.500. The van der Waals surface area contributed by atoms with Crippen LogP contribution in [0.1, 0.15) is 32.3 Å². The maximum atomic E-state index is 14.1. The number of halogens is 1. The Labute approximate surface area is 113 Å². The summed E-state index contributed by atoms with van der Waals surface area (Å²) in [5.41, 5.74) is 6.76. The molecule has 1 heterocycles. The Morgan fingerprint density at radius 1 is 1.44 bits per heavy atom. The number of benzene rings is 1. The molecule has 1 aromatic carbocycles. The largest absolute Gasteiger partial charge is 0.389 e. The molecule has 4 heteroatoms. The van der Waals surface area contributed by atoms with Crippen LogP contribution in [0.2, 0.25) is 0 Å². The molecule has 0 saturated carbocycles. The number of nitrogens with two attached hydrogens (primary N) is 1. The molecule has 1 aliphatic heterocycles. The van der Waals surface area contributed by atoms with Crippen LogP contribution >= 0.6 is 12.2 Å². The Kier molecular flexibility index (Phi) is 3.85. The Balaban J connectivity index is 2.26. The second kappa shape index (κ2) is 5.22. The number of anilines is 1. The van der Waals surface area contributed by atoms with E-state index in [2.05, 4.69) is 18.7 Å². The van der Waals surface area contributed by atoms with Crippen molar-refractivity contribution < 1.29 is 4.39 Å². The number of hydrogen-bond donors (Lipinski definition) is 1. The fourth-order valence-electron chi connectivity index (χ4n) is 2.66. The molecule has 0 aromatic heterocycles. The normalized spacial score (nSPS) is 24.1. The van der Waals surface area contributed by atoms with Crippen LogP contribution in [0.5, 0.6) is 0 Å². The van der Waals surface area contributed by atoms with Crippen molar-refractivity contribution in [3.05, 3.63) is 29.6 Å². The van der Waals surface area contributed by atoms with Crippen LogP contribution in [0.15, 0.2) is 18.2 Å². The van der Waals surface area contributed by atoms with E-state index in [1.807, 2.05) is 0 Å². The minimum Gasteiger partial charge on any atom is -0.389 e. The minimum absolute atomic E-state index is 0.235. The van der Waals surface area contributed by atoms with Crippen LogP contribution in [-0.4, -0.2) is 17.6 Å². The summed E-state index contributed by atoms with van der Waals surface area (Å²) >= 11 is 4.86. The van der Waals surface area contributed by atoms with Gasteiger partial charge in [-0.1, -0.05) is 19.1 Å². The van der Waals surface area contributed by atoms with E-state index in [0.717, 1.165) is 25.3 Å². The predicted octanol–water partition coefficient (Wildman–Crippen LogP) is 3.08. The summed E-state index contributed by atoms with van der Waals surface area (Å²) in [4.78, 5) is 2.37. The molecule has 0 aliphatic carbocycles. The number of rotatable bonds is 2. The van der Waals surface area contributed by atoms with E-state index in [4.69, 9.17) is 18.0 Å². The van der Waals surface area contributed by atoms with Gasteiger partial charge in [-0.25, -0.2) is 4.39 Å². The summed E-state index contributed by atoms with van der Waals surface area (Å²) in [5.74, 6) is 0.483. The molecule has 2 rings (SSSR count). The summed E-state index contributed by atoms with van der Waals surface area (Å²) in [6.45, 7) is 5.31. The average molecular weight is 266 g/mol. The Morgan fingerprint density at radius 3 is 2.72 bits per heavy atom. The molecular weight excluding hydrogens is 247 g/mol. The summed E-state index contributed by atoms with van der Waals surface area (Å²) in [7, 11) is 0. The maximum Gasteiger partial charge on any atom is 0.147 e. The topological polar surface area (TPSA) is 29.3 Å². The van der Waals surface area contributed by atoms with Gasteiger partial charge in [0.25, 0.3) is 0 Å². The average Bonchev–Trinajstić information content (AvgIpc) is 2.30. The summed E-state index contributed by atoms with van der Waals surface area (Å²) in [6.07, 6.45) is 2.22. The smallest absolute Gasteiger partial charge is 0.147 e. The molecular formula is C14H19FN2S. The first-order chi connectivity index (χ1) is 8.49. The Morgan fingerprint density at radius 2 is 2.17 bits per heavy atom. The monoisotopic (exact) mass is 266 g/mol. The van der Waals surface area contributed by atoms with Crippen LogP contribution in [0.25, 0.3) is 0 Å². The fourth-order valence-corrected chi connectivity index (χ4v) is 2.79. The van der Waals surface area contributed by atoms with Gasteiger partial charge >= 0.3 is 0 Å². The molecule has 1 saturated heterocycles. The third kappa shape index (κ3) is 2.64. The minimum atomic E-state index is -0.235. The van der Waals surface area contributed by atoms with E-state index in [1.54, 1.807) is 12.1 Å². The first-order valence-corrected chi connectivity index (χ1v) is 6.76. The van der Waals surface area contributed by atoms with Crippen molar-refractivity contribution in [1.29, 1.82) is 0 Å². The molecule has 0 spiro atoms. The highest BCUT2D eigenvalue weighted by Gasteiger charge is 2.24. The highest BCUT2D eigenvalue weighted by Crippen LogP contribution is 2.29. The first kappa shape index (κ1) is 13.3. The van der Waals surface area contributed by atoms with Crippen molar-refractivity contribution in [2.24, 2.45) is 11.7 Å². The van der Waals surface area contributed by atoms with E-state index < -0.39 is 0 Å². The molecule has 98 valence electrons. The zero-order chi connectivity index (χ0) is 13.3. The molecule has 0 radical (unpaired) electrons. The lowest BCUT2D eigenvalue weighted by Crippen LogP contribution is -2.40. The van der Waals surface area contributed by atoms with Crippen LogP contribution in [0.4, 0.5) is 10.1 Å². The molecule has 2 N–H and O–H groups in total. The highest BCUT2D eigenvalue weighted by molar-refractivity contribution is 7.80. The Hall–Kier alpha value is -1.16. The van der Waals surface area contributed by atoms with E-state index in [1.165, 1.54) is 6.07 Å². The van der Waals surface area contributed by atoms with E-state index in [0.29, 0.717) is 17.3 Å². The van der Waals surface area contributed by atoms with Gasteiger partial charge in [-0.15, -0.1) is 0 Å². The highest BCUT2D eigenvalue weighted by atomic mass is 32.1. The lowest BCUT2D eigenvalue weighted by molar-refractivity contribution is 0.375. The number of nitrogens with zero attached hydrogens (tertiary/aromatic N) is 1. The summed E-state index contributed by atoms with van der Waals surface area (Å²) < 4.78 is 14.1. The van der Waals surface area contributed by atoms with Crippen molar-refractivity contribution in [2.75, 3.05) is 11.4 Å². The van der Waals surface area contributed by atoms with Crippen LogP contribution in [0, 0.1) is 11.7 Å². The van der Waals surface area contributed by atoms with E-state index >= 15 is 0 Å². The van der Waals surface area contributed by atoms with Crippen molar-refractivity contribution in [2.45, 2.75) is 32.7 Å². The van der Waals surface area contributed by atoms with E-state index in [9.17, 15) is 4.39 Å². The molecule has 1 fully saturated rings. The maximum absolute atomic E-state index is 14.1. The van der Waals surface area contributed by atoms with Gasteiger partial charge in [0.2, 0.25) is 0 Å². The lowest BCUT2D eigenvalue weighted by atomic mass is 9.93. The summed E-state index contributed by atoms with van der Waals surface area (Å²) in [5, 5.41) is 0. The third-order valence-corrected chi connectivity index (χ3v) is 3.92. The van der Waals surface area contributed by atoms with Crippen LogP contribution in [-0.2, 0) is 0 Å². The molecule has 1 aromatic rings. The van der Waals surface area contributed by atoms with Crippen LogP contribution < -0.4 is 10.6 Å². The SMILES string of the molecule is CC1CCN(c2ccc(C(N)=S)cc2F)C(C)C1. The molecule has 18 heavy (non-hydrogen) atoms. The molecule has 0 bridgehead atoms. The van der Waals surface area contributed by atoms with Gasteiger partial charge in [-0.05, 0) is 43.9 Å². The van der Waals surface area contributed by atoms with Crippen molar-refractivity contribution in [3.8, 4) is 0 Å². The quantitative estimate of drug-likeness (QED) is 0.834. The van der Waals surface area contributed by atoms with Crippen LogP contribution in [0.3, 0.4) is 0 Å². The van der Waals surface area contributed by atoms with Gasteiger partial charge in [0.05, 0.1) is 5.69 Å². The second-order valence-electron chi connectivity index (χ2n) is 5.20. The van der Waals surface area contributed by atoms with Gasteiger partial charge in [0, 0.05) is 18.2 Å². The van der Waals surface area contributed by atoms with Gasteiger partial charge < -0.3 is 10.6 Å². The molecule has 0 amide bonds. The number of thiocarbonyl (C=S) groups is 1. The van der Waals surface area contributed by atoms with Gasteiger partial charge in [0.15, 0.2) is 0 Å². The zero-order valence-electron chi connectivity index (χ0n) is 10.8. The predicted molar refractivity (Wildman–Crippen MR) is 77.5 cm³/mol. The van der Waals surface area contributed by atoms with E-state index in [-0.39, 0.29) is 10.8 Å². The van der Waals surface area contributed by atoms with Crippen molar-refractivity contribution in [3.63, 3.8) is 0 Å². The lowest BCUT2D eigenvalue weighted by Gasteiger charge is -2.38. The second-order valence-corrected chi connectivity index (χ2v) is 5.64. The molecule has 2 unspecified atom stereocenters. The molecule has 2 atom stereocenters. The zero-order valence-corrected chi connectivity index (χ0v) is 11.6. The standard InChI is InChI=1S/C14H19FN2S/c1-9-5-6-17(10(2)7-9)13-4-3-11(14(16)18)8-12(13)15/h3-4,8-10H,5-7H2,1-2H3,(H2,16,18). The van der Waals surface area contributed by atoms with Gasteiger partial charge in [0.1, 0.15) is 10.8 Å². The van der Waals surface area contributed by atoms with Gasteiger partial charge in [-0.2, -0.15) is 0 Å². The van der Waals surface area contributed by atoms with Crippen molar-refractivity contribution >= 4 is 22.9 Å². The molecule has 2 nitrogen and oxygen atoms in total. The Bertz CT molecular complexity index is 461. The summed E-state index contributed by atoms with van der Waals surface area (Å²) in [6, 6.07) is 5.39. The molecule has 1 aliphatic rings. The van der Waals surface area contributed by atoms with Crippen molar-refractivity contribution in [1.82, 2.24) is 0 Å². The van der Waals surface area contributed by atoms with Gasteiger partial charge in [-0.3, -0.25) is 0 Å². The number of hydrogen-bond acceptors (Lipinski definition) is 2.